The van der Waals surface area contributed by atoms with E-state index in [1.165, 1.54) is 13.8 Å². The summed E-state index contributed by atoms with van der Waals surface area (Å²) in [6.45, 7) is 8.63. The summed E-state index contributed by atoms with van der Waals surface area (Å²) in [4.78, 5) is 34.7. The Balaban J connectivity index is 2.36. The van der Waals surface area contributed by atoms with E-state index in [1.54, 1.807) is 6.08 Å². The number of rotatable bonds is 3. The largest absolute Gasteiger partial charge is 0.461 e. The van der Waals surface area contributed by atoms with E-state index in [1.807, 2.05) is 6.92 Å². The quantitative estimate of drug-likeness (QED) is 0.338. The molecule has 136 valence electrons. The molecule has 0 saturated carbocycles. The summed E-state index contributed by atoms with van der Waals surface area (Å²) in [5.74, 6) is -1.72. The van der Waals surface area contributed by atoms with E-state index in [9.17, 15) is 14.4 Å². The van der Waals surface area contributed by atoms with Crippen LogP contribution in [0, 0.1) is 5.92 Å². The molecule has 0 spiro atoms. The highest BCUT2D eigenvalue weighted by molar-refractivity contribution is 5.91. The van der Waals surface area contributed by atoms with Crippen molar-refractivity contribution >= 4 is 17.9 Å². The molecular weight excluding hydrogens is 324 g/mol. The second-order valence-electron chi connectivity index (χ2n) is 6.47. The fourth-order valence-electron chi connectivity index (χ4n) is 3.17. The molecule has 1 heterocycles. The van der Waals surface area contributed by atoms with Crippen LogP contribution < -0.4 is 0 Å². The average Bonchev–Trinajstić information content (AvgIpc) is 2.77. The number of esters is 3. The Bertz CT molecular complexity index is 642. The Kier molecular flexibility index (Phi) is 6.17. The van der Waals surface area contributed by atoms with E-state index < -0.39 is 30.1 Å². The van der Waals surface area contributed by atoms with Gasteiger partial charge in [0.15, 0.2) is 0 Å². The SMILES string of the molecule is C=C1C(=O)O[C@@H]2/C=C(/COC(C)=O)CC/C=C(/C)C[C@H](OC(C)=O)[C@@H]12. The molecule has 1 saturated heterocycles. The van der Waals surface area contributed by atoms with Crippen LogP contribution in [0.1, 0.15) is 40.0 Å². The fraction of sp³-hybridized carbons (Fsp3) is 0.526. The summed E-state index contributed by atoms with van der Waals surface area (Å²) in [6.07, 6.45) is 4.73. The van der Waals surface area contributed by atoms with Gasteiger partial charge in [-0.1, -0.05) is 18.2 Å². The first-order valence-corrected chi connectivity index (χ1v) is 8.33. The molecule has 0 N–H and O–H groups in total. The zero-order valence-corrected chi connectivity index (χ0v) is 14.9. The van der Waals surface area contributed by atoms with Crippen molar-refractivity contribution in [1.82, 2.24) is 0 Å². The van der Waals surface area contributed by atoms with Gasteiger partial charge in [-0.25, -0.2) is 4.79 Å². The van der Waals surface area contributed by atoms with Crippen molar-refractivity contribution in [3.63, 3.8) is 0 Å². The molecule has 0 amide bonds. The summed E-state index contributed by atoms with van der Waals surface area (Å²) in [5.41, 5.74) is 2.22. The van der Waals surface area contributed by atoms with E-state index in [0.717, 1.165) is 17.6 Å². The Morgan fingerprint density at radius 2 is 2.04 bits per heavy atom. The molecule has 3 atom stereocenters. The van der Waals surface area contributed by atoms with E-state index in [4.69, 9.17) is 14.2 Å². The first kappa shape index (κ1) is 19.0. The van der Waals surface area contributed by atoms with Crippen LogP contribution in [-0.4, -0.2) is 36.7 Å². The smallest absolute Gasteiger partial charge is 0.334 e. The molecule has 2 rings (SSSR count). The molecule has 0 radical (unpaired) electrons. The maximum atomic E-state index is 12.0. The Hall–Kier alpha value is -2.37. The van der Waals surface area contributed by atoms with Gasteiger partial charge in [0.25, 0.3) is 0 Å². The molecule has 0 bridgehead atoms. The molecule has 0 aromatic heterocycles. The van der Waals surface area contributed by atoms with Crippen LogP contribution in [0.2, 0.25) is 0 Å². The molecule has 0 unspecified atom stereocenters. The number of ether oxygens (including phenoxy) is 3. The molecular formula is C19H24O6. The van der Waals surface area contributed by atoms with Gasteiger partial charge in [-0.05, 0) is 31.4 Å². The lowest BCUT2D eigenvalue weighted by Crippen LogP contribution is -2.33. The lowest BCUT2D eigenvalue weighted by molar-refractivity contribution is -0.149. The average molecular weight is 348 g/mol. The van der Waals surface area contributed by atoms with E-state index in [2.05, 4.69) is 12.7 Å². The molecule has 0 aromatic rings. The van der Waals surface area contributed by atoms with E-state index in [0.29, 0.717) is 18.4 Å². The third-order valence-corrected chi connectivity index (χ3v) is 4.32. The lowest BCUT2D eigenvalue weighted by atomic mass is 9.85. The van der Waals surface area contributed by atoms with Gasteiger partial charge in [0.05, 0.1) is 5.92 Å². The standard InChI is InChI=1S/C19H24O6/c1-11-6-5-7-15(10-23-13(3)20)9-17-18(12(2)19(22)25-17)16(8-11)24-14(4)21/h6,9,16-18H,2,5,7-8,10H2,1,3-4H3/b11-6-,15-9+/t16-,17+,18+/m0/s1. The minimum Gasteiger partial charge on any atom is -0.461 e. The van der Waals surface area contributed by atoms with Crippen molar-refractivity contribution in [3.8, 4) is 0 Å². The fourth-order valence-corrected chi connectivity index (χ4v) is 3.17. The highest BCUT2D eigenvalue weighted by Gasteiger charge is 2.44. The van der Waals surface area contributed by atoms with Crippen LogP contribution in [0.4, 0.5) is 0 Å². The van der Waals surface area contributed by atoms with E-state index >= 15 is 0 Å². The third-order valence-electron chi connectivity index (χ3n) is 4.32. The minimum atomic E-state index is -0.583. The van der Waals surface area contributed by atoms with Gasteiger partial charge < -0.3 is 14.2 Å². The van der Waals surface area contributed by atoms with Gasteiger partial charge in [0.2, 0.25) is 0 Å². The molecule has 1 aliphatic carbocycles. The van der Waals surface area contributed by atoms with Crippen molar-refractivity contribution in [3.05, 3.63) is 35.5 Å². The van der Waals surface area contributed by atoms with Gasteiger partial charge in [-0.15, -0.1) is 0 Å². The molecule has 1 aliphatic heterocycles. The van der Waals surface area contributed by atoms with Crippen molar-refractivity contribution in [2.75, 3.05) is 6.61 Å². The number of carbonyl (C=O) groups excluding carboxylic acids is 3. The van der Waals surface area contributed by atoms with Crippen LogP contribution in [0.25, 0.3) is 0 Å². The topological polar surface area (TPSA) is 78.9 Å². The molecule has 25 heavy (non-hydrogen) atoms. The molecule has 0 aromatic carbocycles. The first-order chi connectivity index (χ1) is 11.8. The number of allylic oxidation sites excluding steroid dienone is 1. The van der Waals surface area contributed by atoms with Crippen LogP contribution in [0.5, 0.6) is 0 Å². The second-order valence-corrected chi connectivity index (χ2v) is 6.47. The monoisotopic (exact) mass is 348 g/mol. The van der Waals surface area contributed by atoms with Crippen LogP contribution in [0.15, 0.2) is 35.5 Å². The number of hydrogen-bond donors (Lipinski definition) is 0. The van der Waals surface area contributed by atoms with Crippen molar-refractivity contribution < 1.29 is 28.6 Å². The normalized spacial score (nSPS) is 30.9. The minimum absolute atomic E-state index is 0.147. The van der Waals surface area contributed by atoms with Gasteiger partial charge in [-0.3, -0.25) is 9.59 Å². The van der Waals surface area contributed by atoms with Gasteiger partial charge >= 0.3 is 17.9 Å². The van der Waals surface area contributed by atoms with Crippen molar-refractivity contribution in [1.29, 1.82) is 0 Å². The maximum absolute atomic E-state index is 12.0. The zero-order chi connectivity index (χ0) is 18.6. The summed E-state index contributed by atoms with van der Waals surface area (Å²) in [7, 11) is 0. The molecule has 6 nitrogen and oxygen atoms in total. The maximum Gasteiger partial charge on any atom is 0.334 e. The second kappa shape index (κ2) is 8.14. The van der Waals surface area contributed by atoms with Gasteiger partial charge in [-0.2, -0.15) is 0 Å². The molecule has 2 aliphatic rings. The molecule has 6 heteroatoms. The summed E-state index contributed by atoms with van der Waals surface area (Å²) in [5, 5.41) is 0. The zero-order valence-electron chi connectivity index (χ0n) is 14.9. The van der Waals surface area contributed by atoms with Crippen LogP contribution in [-0.2, 0) is 28.6 Å². The molecule has 1 fully saturated rings. The number of fused-ring (bicyclic) bond motifs is 1. The van der Waals surface area contributed by atoms with Gasteiger partial charge in [0, 0.05) is 25.8 Å². The van der Waals surface area contributed by atoms with Gasteiger partial charge in [0.1, 0.15) is 18.8 Å². The Labute approximate surface area is 147 Å². The third kappa shape index (κ3) is 5.05. The first-order valence-electron chi connectivity index (χ1n) is 8.33. The lowest BCUT2D eigenvalue weighted by Gasteiger charge is -2.27. The summed E-state index contributed by atoms with van der Waals surface area (Å²) in [6, 6.07) is 0. The van der Waals surface area contributed by atoms with Crippen LogP contribution >= 0.6 is 0 Å². The summed E-state index contributed by atoms with van der Waals surface area (Å²) < 4.78 is 16.0. The van der Waals surface area contributed by atoms with Crippen molar-refractivity contribution in [2.45, 2.75) is 52.2 Å². The predicted octanol–water partition coefficient (Wildman–Crippen LogP) is 2.64. The number of carbonyl (C=O) groups is 3. The summed E-state index contributed by atoms with van der Waals surface area (Å²) >= 11 is 0. The van der Waals surface area contributed by atoms with E-state index in [-0.39, 0.29) is 12.6 Å². The highest BCUT2D eigenvalue weighted by atomic mass is 16.6. The Morgan fingerprint density at radius 3 is 2.68 bits per heavy atom. The van der Waals surface area contributed by atoms with Crippen molar-refractivity contribution in [2.24, 2.45) is 5.92 Å². The van der Waals surface area contributed by atoms with Crippen LogP contribution in [0.3, 0.4) is 0 Å². The number of hydrogen-bond acceptors (Lipinski definition) is 6. The highest BCUT2D eigenvalue weighted by Crippen LogP contribution is 2.36. The Morgan fingerprint density at radius 1 is 1.32 bits per heavy atom. The predicted molar refractivity (Wildman–Crippen MR) is 90.4 cm³/mol.